The predicted octanol–water partition coefficient (Wildman–Crippen LogP) is 2.03. The summed E-state index contributed by atoms with van der Waals surface area (Å²) in [6.07, 6.45) is 2.48. The van der Waals surface area contributed by atoms with Crippen molar-refractivity contribution in [2.75, 3.05) is 18.2 Å². The van der Waals surface area contributed by atoms with Gasteiger partial charge in [0.05, 0.1) is 0 Å². The molecule has 2 rings (SSSR count). The molecule has 2 aromatic rings. The number of esters is 1. The van der Waals surface area contributed by atoms with Crippen molar-refractivity contribution in [1.82, 2.24) is 9.97 Å². The van der Waals surface area contributed by atoms with Gasteiger partial charge in [-0.2, -0.15) is 0 Å². The zero-order valence-electron chi connectivity index (χ0n) is 15.9. The molecule has 0 bridgehead atoms. The van der Waals surface area contributed by atoms with Crippen LogP contribution in [-0.2, 0) is 20.7 Å². The Bertz CT molecular complexity index is 861. The van der Waals surface area contributed by atoms with Crippen molar-refractivity contribution in [2.24, 2.45) is 5.73 Å². The molecule has 0 fully saturated rings. The first-order valence-electron chi connectivity index (χ1n) is 8.53. The van der Waals surface area contributed by atoms with Crippen molar-refractivity contribution in [2.45, 2.75) is 31.8 Å². The topological polar surface area (TPSA) is 124 Å². The van der Waals surface area contributed by atoms with Gasteiger partial charge in [0.15, 0.2) is 11.8 Å². The molecule has 28 heavy (non-hydrogen) atoms. The van der Waals surface area contributed by atoms with Gasteiger partial charge in [0.1, 0.15) is 0 Å². The number of ether oxygens (including phenoxy) is 1. The quantitative estimate of drug-likeness (QED) is 0.393. The fraction of sp³-hybridized carbons (Fsp3) is 0.316. The number of nitrogens with zero attached hydrogens (tertiary/aromatic N) is 2. The second-order valence-corrected chi connectivity index (χ2v) is 6.78. The molecular weight excluding hydrogens is 380 g/mol. The molecule has 8 nitrogen and oxygen atoms in total. The van der Waals surface area contributed by atoms with Crippen LogP contribution in [0.3, 0.4) is 0 Å². The minimum absolute atomic E-state index is 0.129. The van der Waals surface area contributed by atoms with E-state index in [4.69, 9.17) is 10.5 Å². The Morgan fingerprint density at radius 2 is 1.71 bits per heavy atom. The highest BCUT2D eigenvalue weighted by atomic mass is 32.2. The van der Waals surface area contributed by atoms with Gasteiger partial charge in [-0.25, -0.2) is 9.97 Å². The highest BCUT2D eigenvalue weighted by Crippen LogP contribution is 2.17. The van der Waals surface area contributed by atoms with Crippen LogP contribution in [0.4, 0.5) is 5.69 Å². The lowest BCUT2D eigenvalue weighted by Gasteiger charge is -2.10. The maximum atomic E-state index is 11.9. The van der Waals surface area contributed by atoms with Crippen LogP contribution in [-0.4, -0.2) is 40.6 Å². The van der Waals surface area contributed by atoms with E-state index in [1.54, 1.807) is 12.1 Å². The summed E-state index contributed by atoms with van der Waals surface area (Å²) >= 11 is 1.46. The van der Waals surface area contributed by atoms with Crippen molar-refractivity contribution in [3.05, 3.63) is 46.8 Å². The lowest BCUT2D eigenvalue weighted by Crippen LogP contribution is -2.21. The molecule has 0 saturated carbocycles. The van der Waals surface area contributed by atoms with Crippen molar-refractivity contribution in [3.63, 3.8) is 0 Å². The van der Waals surface area contributed by atoms with E-state index in [0.29, 0.717) is 22.8 Å². The maximum Gasteiger partial charge on any atom is 0.306 e. The summed E-state index contributed by atoms with van der Waals surface area (Å²) in [7, 11) is 0. The normalized spacial score (nSPS) is 10.4. The van der Waals surface area contributed by atoms with E-state index in [1.165, 1.54) is 23.9 Å². The van der Waals surface area contributed by atoms with Crippen LogP contribution < -0.4 is 11.1 Å². The molecule has 148 valence electrons. The number of carbonyl (C=O) groups excluding carboxylic acids is 3. The minimum Gasteiger partial charge on any atom is -0.456 e. The Morgan fingerprint density at radius 1 is 1.11 bits per heavy atom. The molecule has 1 aromatic heterocycles. The lowest BCUT2D eigenvalue weighted by molar-refractivity contribution is -0.147. The van der Waals surface area contributed by atoms with Gasteiger partial charge in [-0.15, -0.1) is 0 Å². The van der Waals surface area contributed by atoms with Gasteiger partial charge < -0.3 is 15.8 Å². The van der Waals surface area contributed by atoms with E-state index in [1.807, 2.05) is 20.1 Å². The third-order valence-electron chi connectivity index (χ3n) is 3.98. The van der Waals surface area contributed by atoms with Crippen LogP contribution in [0.2, 0.25) is 0 Å². The molecule has 0 radical (unpaired) electrons. The number of nitrogens with one attached hydrogen (secondary N) is 1. The fourth-order valence-electron chi connectivity index (χ4n) is 2.52. The predicted molar refractivity (Wildman–Crippen MR) is 106 cm³/mol. The van der Waals surface area contributed by atoms with Crippen LogP contribution in [0.25, 0.3) is 0 Å². The molecule has 1 aromatic carbocycles. The third-order valence-corrected chi connectivity index (χ3v) is 4.53. The number of primary amides is 1. The summed E-state index contributed by atoms with van der Waals surface area (Å²) < 4.78 is 5.01. The molecule has 0 aliphatic rings. The number of thioether (sulfide) groups is 1. The molecule has 0 atom stereocenters. The van der Waals surface area contributed by atoms with E-state index in [0.717, 1.165) is 17.0 Å². The minimum atomic E-state index is -0.550. The van der Waals surface area contributed by atoms with Gasteiger partial charge >= 0.3 is 5.97 Å². The largest absolute Gasteiger partial charge is 0.456 e. The average molecular weight is 402 g/mol. The standard InChI is InChI=1S/C19H22N4O4S/c1-11-15(12(2)22-19(21-11)28-3)8-9-17(25)27-10-16(24)23-14-6-4-13(5-7-14)18(20)26/h4-7H,8-10H2,1-3H3,(H2,20,26)(H,23,24). The number of hydrogen-bond acceptors (Lipinski definition) is 7. The van der Waals surface area contributed by atoms with E-state index < -0.39 is 24.4 Å². The van der Waals surface area contributed by atoms with Gasteiger partial charge in [0.25, 0.3) is 5.91 Å². The van der Waals surface area contributed by atoms with Gasteiger partial charge in [0, 0.05) is 29.1 Å². The molecule has 9 heteroatoms. The van der Waals surface area contributed by atoms with E-state index in [9.17, 15) is 14.4 Å². The summed E-state index contributed by atoms with van der Waals surface area (Å²) in [5, 5.41) is 3.27. The second-order valence-electron chi connectivity index (χ2n) is 6.01. The molecule has 1 heterocycles. The molecule has 0 spiro atoms. The number of rotatable bonds is 8. The number of amides is 2. The monoisotopic (exact) mass is 402 g/mol. The Hall–Kier alpha value is -2.94. The van der Waals surface area contributed by atoms with Gasteiger partial charge in [-0.05, 0) is 56.4 Å². The van der Waals surface area contributed by atoms with E-state index in [-0.39, 0.29) is 6.42 Å². The zero-order valence-corrected chi connectivity index (χ0v) is 16.8. The molecule has 3 N–H and O–H groups in total. The Balaban J connectivity index is 1.80. The van der Waals surface area contributed by atoms with Crippen LogP contribution in [0.1, 0.15) is 33.7 Å². The van der Waals surface area contributed by atoms with Crippen LogP contribution >= 0.6 is 11.8 Å². The van der Waals surface area contributed by atoms with Crippen LogP contribution in [0, 0.1) is 13.8 Å². The first-order valence-corrected chi connectivity index (χ1v) is 9.76. The van der Waals surface area contributed by atoms with E-state index >= 15 is 0 Å². The Morgan fingerprint density at radius 3 is 2.25 bits per heavy atom. The SMILES string of the molecule is CSc1nc(C)c(CCC(=O)OCC(=O)Nc2ccc(C(N)=O)cc2)c(C)n1. The first-order chi connectivity index (χ1) is 13.3. The fourth-order valence-corrected chi connectivity index (χ4v) is 2.98. The third kappa shape index (κ3) is 6.05. The average Bonchev–Trinajstić information content (AvgIpc) is 2.66. The second kappa shape index (κ2) is 9.84. The first kappa shape index (κ1) is 21.4. The lowest BCUT2D eigenvalue weighted by atomic mass is 10.1. The highest BCUT2D eigenvalue weighted by Gasteiger charge is 2.13. The summed E-state index contributed by atoms with van der Waals surface area (Å²) in [5.74, 6) is -1.50. The van der Waals surface area contributed by atoms with E-state index in [2.05, 4.69) is 15.3 Å². The zero-order chi connectivity index (χ0) is 20.7. The summed E-state index contributed by atoms with van der Waals surface area (Å²) in [6.45, 7) is 3.37. The Labute approximate surface area is 167 Å². The van der Waals surface area contributed by atoms with Crippen LogP contribution in [0.15, 0.2) is 29.4 Å². The number of benzene rings is 1. The number of nitrogens with two attached hydrogens (primary N) is 1. The van der Waals surface area contributed by atoms with Gasteiger partial charge in [-0.1, -0.05) is 11.8 Å². The van der Waals surface area contributed by atoms with Crippen LogP contribution in [0.5, 0.6) is 0 Å². The molecule has 0 aliphatic carbocycles. The number of anilines is 1. The van der Waals surface area contributed by atoms with Crippen molar-refractivity contribution in [1.29, 1.82) is 0 Å². The highest BCUT2D eigenvalue weighted by molar-refractivity contribution is 7.98. The molecule has 0 unspecified atom stereocenters. The van der Waals surface area contributed by atoms with Crippen molar-refractivity contribution >= 4 is 35.2 Å². The van der Waals surface area contributed by atoms with Gasteiger partial charge in [-0.3, -0.25) is 14.4 Å². The maximum absolute atomic E-state index is 11.9. The van der Waals surface area contributed by atoms with Crippen molar-refractivity contribution in [3.8, 4) is 0 Å². The van der Waals surface area contributed by atoms with Crippen molar-refractivity contribution < 1.29 is 19.1 Å². The summed E-state index contributed by atoms with van der Waals surface area (Å²) in [4.78, 5) is 43.6. The number of hydrogen-bond donors (Lipinski definition) is 2. The smallest absolute Gasteiger partial charge is 0.306 e. The Kier molecular flexibility index (Phi) is 7.51. The molecular formula is C19H22N4O4S. The number of carbonyl (C=O) groups is 3. The molecule has 0 saturated heterocycles. The number of aryl methyl sites for hydroxylation is 2. The molecule has 2 amide bonds. The summed E-state index contributed by atoms with van der Waals surface area (Å²) in [6, 6.07) is 6.09. The summed E-state index contributed by atoms with van der Waals surface area (Å²) in [5.41, 5.74) is 8.55. The number of aromatic nitrogens is 2. The molecule has 0 aliphatic heterocycles. The van der Waals surface area contributed by atoms with Gasteiger partial charge in [0.2, 0.25) is 5.91 Å².